The van der Waals surface area contributed by atoms with E-state index in [0.717, 1.165) is 13.1 Å². The number of alkyl halides is 3. The summed E-state index contributed by atoms with van der Waals surface area (Å²) in [6, 6.07) is 0. The van der Waals surface area contributed by atoms with Crippen molar-refractivity contribution in [2.24, 2.45) is 0 Å². The molecule has 4 N–H and O–H groups in total. The van der Waals surface area contributed by atoms with Crippen molar-refractivity contribution < 1.29 is 33.2 Å². The quantitative estimate of drug-likeness (QED) is 0.528. The van der Waals surface area contributed by atoms with Crippen LogP contribution >= 0.6 is 0 Å². The van der Waals surface area contributed by atoms with Gasteiger partial charge in [-0.25, -0.2) is 4.79 Å². The first-order chi connectivity index (χ1) is 12.1. The summed E-state index contributed by atoms with van der Waals surface area (Å²) in [6.45, 7) is 0.335. The van der Waals surface area contributed by atoms with Gasteiger partial charge in [-0.1, -0.05) is 0 Å². The fourth-order valence-electron chi connectivity index (χ4n) is 2.83. The van der Waals surface area contributed by atoms with E-state index < -0.39 is 65.3 Å². The smallest absolute Gasteiger partial charge is 0.394 e. The minimum absolute atomic E-state index is 0.326. The lowest BCUT2D eigenvalue weighted by molar-refractivity contribution is -0.141. The third-order valence-corrected chi connectivity index (χ3v) is 4.23. The molecular weight excluding hydrogens is 363 g/mol. The Balaban J connectivity index is 2.19. The number of aliphatic hydroxyl groups excluding tert-OH is 3. The number of pyridine rings is 1. The molecule has 0 spiro atoms. The van der Waals surface area contributed by atoms with E-state index in [1.54, 1.807) is 0 Å². The summed E-state index contributed by atoms with van der Waals surface area (Å²) in [5.41, 5.74) is -4.61. The van der Waals surface area contributed by atoms with Crippen LogP contribution in [0.25, 0.3) is 11.0 Å². The van der Waals surface area contributed by atoms with Crippen molar-refractivity contribution in [3.63, 3.8) is 0 Å². The molecule has 4 atom stereocenters. The molecule has 26 heavy (non-hydrogen) atoms. The molecular formula is C14H14F3N3O6. The number of halogens is 3. The number of aromatic nitrogens is 3. The van der Waals surface area contributed by atoms with Gasteiger partial charge in [0.25, 0.3) is 0 Å². The Morgan fingerprint density at radius 2 is 1.96 bits per heavy atom. The number of hydrogen-bond donors (Lipinski definition) is 4. The molecule has 1 aliphatic heterocycles. The highest BCUT2D eigenvalue weighted by Gasteiger charge is 2.44. The van der Waals surface area contributed by atoms with E-state index in [1.807, 2.05) is 4.98 Å². The molecule has 12 heteroatoms. The van der Waals surface area contributed by atoms with Crippen molar-refractivity contribution in [3.8, 4) is 0 Å². The number of nitrogens with one attached hydrogen (secondary N) is 1. The minimum Gasteiger partial charge on any atom is -0.394 e. The van der Waals surface area contributed by atoms with Crippen LogP contribution < -0.4 is 11.1 Å². The Hall–Kier alpha value is -2.28. The van der Waals surface area contributed by atoms with Gasteiger partial charge in [-0.05, 0) is 6.92 Å². The maximum absolute atomic E-state index is 13.0. The molecule has 1 saturated heterocycles. The van der Waals surface area contributed by atoms with E-state index in [4.69, 9.17) is 9.84 Å². The van der Waals surface area contributed by atoms with E-state index in [-0.39, 0.29) is 5.39 Å². The molecule has 0 amide bonds. The second-order valence-electron chi connectivity index (χ2n) is 5.87. The monoisotopic (exact) mass is 377 g/mol. The molecule has 9 nitrogen and oxygen atoms in total. The molecule has 1 aliphatic rings. The van der Waals surface area contributed by atoms with Gasteiger partial charge in [0.05, 0.1) is 12.0 Å². The molecule has 0 aliphatic carbocycles. The summed E-state index contributed by atoms with van der Waals surface area (Å²) in [5.74, 6) is 0. The highest BCUT2D eigenvalue weighted by molar-refractivity contribution is 5.74. The topological polar surface area (TPSA) is 138 Å². The standard InChI is InChI=1S/C14H14F3N3O6/c1-4-7(22)5-2-20(12-9(24)8(23)6(3-21)26-12)13(25)19-11(5)18-10(4)14(15,16)17/h2,6,8-9,12,21,23-24H,3H2,1H3,(H,18,19,25)/t6-,8?,9?,12-/m1/s1. The zero-order valence-electron chi connectivity index (χ0n) is 13.2. The van der Waals surface area contributed by atoms with Crippen molar-refractivity contribution in [2.45, 2.75) is 37.6 Å². The van der Waals surface area contributed by atoms with Gasteiger partial charge in [-0.2, -0.15) is 18.2 Å². The predicted octanol–water partition coefficient (Wildman–Crippen LogP) is -0.976. The SMILES string of the molecule is Cc1c(C(F)(F)F)[nH]c2nc(=O)n([C@@H]3O[C@H](CO)C(O)C3O)cc2c1=O. The average Bonchev–Trinajstić information content (AvgIpc) is 2.84. The molecule has 2 aromatic heterocycles. The van der Waals surface area contributed by atoms with Crippen molar-refractivity contribution in [3.05, 3.63) is 38.2 Å². The summed E-state index contributed by atoms with van der Waals surface area (Å²) in [6.07, 6.45) is -9.69. The summed E-state index contributed by atoms with van der Waals surface area (Å²) >= 11 is 0. The van der Waals surface area contributed by atoms with E-state index in [1.165, 1.54) is 0 Å². The van der Waals surface area contributed by atoms with Crippen molar-refractivity contribution in [1.82, 2.24) is 14.5 Å². The van der Waals surface area contributed by atoms with Gasteiger partial charge in [-0.15, -0.1) is 0 Å². The highest BCUT2D eigenvalue weighted by atomic mass is 19.4. The predicted molar refractivity (Wildman–Crippen MR) is 79.4 cm³/mol. The first-order valence-electron chi connectivity index (χ1n) is 7.41. The molecule has 2 unspecified atom stereocenters. The van der Waals surface area contributed by atoms with Crippen LogP contribution in [0, 0.1) is 6.92 Å². The summed E-state index contributed by atoms with van der Waals surface area (Å²) < 4.78 is 44.8. The largest absolute Gasteiger partial charge is 0.431 e. The van der Waals surface area contributed by atoms with Crippen LogP contribution in [-0.2, 0) is 10.9 Å². The summed E-state index contributed by atoms with van der Waals surface area (Å²) in [5, 5.41) is 28.5. The second-order valence-corrected chi connectivity index (χ2v) is 5.87. The lowest BCUT2D eigenvalue weighted by Crippen LogP contribution is -2.36. The van der Waals surface area contributed by atoms with Crippen LogP contribution in [-0.4, -0.2) is 54.8 Å². The maximum atomic E-state index is 13.0. The zero-order chi connectivity index (χ0) is 19.4. The zero-order valence-corrected chi connectivity index (χ0v) is 13.2. The second kappa shape index (κ2) is 6.16. The number of aliphatic hydroxyl groups is 3. The molecule has 3 heterocycles. The minimum atomic E-state index is -4.84. The summed E-state index contributed by atoms with van der Waals surface area (Å²) in [7, 11) is 0. The van der Waals surface area contributed by atoms with Crippen LogP contribution in [0.1, 0.15) is 17.5 Å². The molecule has 3 rings (SSSR count). The van der Waals surface area contributed by atoms with E-state index in [0.29, 0.717) is 4.57 Å². The van der Waals surface area contributed by atoms with Gasteiger partial charge in [0.1, 0.15) is 29.7 Å². The van der Waals surface area contributed by atoms with Crippen LogP contribution in [0.15, 0.2) is 15.8 Å². The number of nitrogens with zero attached hydrogens (tertiary/aromatic N) is 2. The molecule has 0 aromatic carbocycles. The van der Waals surface area contributed by atoms with E-state index >= 15 is 0 Å². The third kappa shape index (κ3) is 2.80. The van der Waals surface area contributed by atoms with Crippen LogP contribution in [0.3, 0.4) is 0 Å². The normalized spacial score (nSPS) is 26.6. The number of ether oxygens (including phenoxy) is 1. The molecule has 0 saturated carbocycles. The van der Waals surface area contributed by atoms with Gasteiger partial charge in [0.2, 0.25) is 0 Å². The Labute approximate surface area is 142 Å². The first kappa shape index (κ1) is 18.5. The first-order valence-corrected chi connectivity index (χ1v) is 7.41. The van der Waals surface area contributed by atoms with Gasteiger partial charge in [-0.3, -0.25) is 9.36 Å². The number of rotatable bonds is 2. The van der Waals surface area contributed by atoms with Crippen LogP contribution in [0.5, 0.6) is 0 Å². The Morgan fingerprint density at radius 1 is 1.31 bits per heavy atom. The molecule has 2 aromatic rings. The van der Waals surface area contributed by atoms with Gasteiger partial charge >= 0.3 is 11.9 Å². The third-order valence-electron chi connectivity index (χ3n) is 4.23. The fourth-order valence-corrected chi connectivity index (χ4v) is 2.83. The Kier molecular flexibility index (Phi) is 4.38. The molecule has 0 bridgehead atoms. The Morgan fingerprint density at radius 3 is 2.50 bits per heavy atom. The lowest BCUT2D eigenvalue weighted by Gasteiger charge is -2.18. The van der Waals surface area contributed by atoms with Crippen LogP contribution in [0.2, 0.25) is 0 Å². The highest BCUT2D eigenvalue weighted by Crippen LogP contribution is 2.31. The molecule has 142 valence electrons. The van der Waals surface area contributed by atoms with Crippen LogP contribution in [0.4, 0.5) is 13.2 Å². The molecule has 1 fully saturated rings. The van der Waals surface area contributed by atoms with E-state index in [9.17, 15) is 33.0 Å². The van der Waals surface area contributed by atoms with Gasteiger partial charge in [0, 0.05) is 11.8 Å². The molecule has 0 radical (unpaired) electrons. The van der Waals surface area contributed by atoms with Crippen molar-refractivity contribution >= 4 is 11.0 Å². The number of H-pyrrole nitrogens is 1. The lowest BCUT2D eigenvalue weighted by atomic mass is 10.1. The van der Waals surface area contributed by atoms with Crippen molar-refractivity contribution in [2.75, 3.05) is 6.61 Å². The van der Waals surface area contributed by atoms with E-state index in [2.05, 4.69) is 4.98 Å². The van der Waals surface area contributed by atoms with Crippen molar-refractivity contribution in [1.29, 1.82) is 0 Å². The number of aromatic amines is 1. The van der Waals surface area contributed by atoms with Gasteiger partial charge < -0.3 is 25.0 Å². The average molecular weight is 377 g/mol. The Bertz CT molecular complexity index is 969. The summed E-state index contributed by atoms with van der Waals surface area (Å²) in [4.78, 5) is 29.8. The number of hydrogen-bond acceptors (Lipinski definition) is 7. The fraction of sp³-hybridized carbons (Fsp3) is 0.500. The maximum Gasteiger partial charge on any atom is 0.431 e. The number of fused-ring (bicyclic) bond motifs is 1. The van der Waals surface area contributed by atoms with Gasteiger partial charge in [0.15, 0.2) is 11.7 Å².